The topological polar surface area (TPSA) is 77.8 Å². The van der Waals surface area contributed by atoms with Gasteiger partial charge in [-0.05, 0) is 31.2 Å². The van der Waals surface area contributed by atoms with Crippen LogP contribution in [0, 0.1) is 5.82 Å². The van der Waals surface area contributed by atoms with Crippen molar-refractivity contribution in [2.45, 2.75) is 37.6 Å². The fraction of sp³-hybridized carbons (Fsp3) is 0.400. The highest BCUT2D eigenvalue weighted by molar-refractivity contribution is 5.89. The third-order valence-corrected chi connectivity index (χ3v) is 8.05. The van der Waals surface area contributed by atoms with Crippen molar-refractivity contribution in [2.75, 3.05) is 45.3 Å². The van der Waals surface area contributed by atoms with Gasteiger partial charge >= 0.3 is 12.1 Å². The number of fused-ring (bicyclic) bond motifs is 1. The van der Waals surface area contributed by atoms with Gasteiger partial charge in [0, 0.05) is 57.0 Å². The lowest BCUT2D eigenvalue weighted by Gasteiger charge is -2.49. The molecule has 2 aromatic carbocycles. The molecule has 1 fully saturated rings. The van der Waals surface area contributed by atoms with Crippen LogP contribution in [0.4, 0.5) is 28.9 Å². The van der Waals surface area contributed by atoms with Gasteiger partial charge in [0.2, 0.25) is 5.96 Å². The van der Waals surface area contributed by atoms with Crippen molar-refractivity contribution in [3.05, 3.63) is 77.3 Å². The van der Waals surface area contributed by atoms with Crippen LogP contribution >= 0.6 is 0 Å². The molecule has 2 aromatic rings. The average Bonchev–Trinajstić information content (AvgIpc) is 2.97. The van der Waals surface area contributed by atoms with Crippen molar-refractivity contribution in [2.24, 2.45) is 4.99 Å². The van der Waals surface area contributed by atoms with E-state index in [0.29, 0.717) is 31.9 Å². The summed E-state index contributed by atoms with van der Waals surface area (Å²) in [7, 11) is 2.98. The monoisotopic (exact) mass is 588 g/mol. The highest BCUT2D eigenvalue weighted by Crippen LogP contribution is 2.47. The van der Waals surface area contributed by atoms with Crippen LogP contribution in [0.15, 0.2) is 70.9 Å². The van der Waals surface area contributed by atoms with Gasteiger partial charge in [0.15, 0.2) is 0 Å². The van der Waals surface area contributed by atoms with Crippen LogP contribution in [-0.4, -0.2) is 79.0 Å². The molecule has 1 aliphatic carbocycles. The van der Waals surface area contributed by atoms with Crippen LogP contribution in [0.2, 0.25) is 0 Å². The molecule has 0 amide bonds. The fourth-order valence-electron chi connectivity index (χ4n) is 5.67. The quantitative estimate of drug-likeness (QED) is 0.437. The number of aliphatic carboxylic acids is 1. The molecule has 0 aromatic heterocycles. The van der Waals surface area contributed by atoms with E-state index in [0.717, 1.165) is 17.8 Å². The second-order valence-electron chi connectivity index (χ2n) is 10.6. The van der Waals surface area contributed by atoms with Crippen LogP contribution in [0.5, 0.6) is 5.75 Å². The summed E-state index contributed by atoms with van der Waals surface area (Å²) in [5, 5.41) is 9.91. The number of nitrogens with zero attached hydrogens (tertiary/aromatic N) is 4. The molecule has 0 spiro atoms. The fourth-order valence-corrected chi connectivity index (χ4v) is 5.67. The normalized spacial score (nSPS) is 22.7. The lowest BCUT2D eigenvalue weighted by Crippen LogP contribution is -2.57. The Labute approximate surface area is 241 Å². The lowest BCUT2D eigenvalue weighted by molar-refractivity contribution is -0.138. The second-order valence-corrected chi connectivity index (χ2v) is 10.6. The van der Waals surface area contributed by atoms with Gasteiger partial charge in [0.1, 0.15) is 22.9 Å². The van der Waals surface area contributed by atoms with Gasteiger partial charge in [-0.2, -0.15) is 13.2 Å². The molecule has 224 valence electrons. The number of anilines is 1. The zero-order valence-electron chi connectivity index (χ0n) is 23.5. The minimum atomic E-state index is -4.64. The molecular formula is C30H32F4N4O4. The molecule has 8 nitrogen and oxygen atoms in total. The summed E-state index contributed by atoms with van der Waals surface area (Å²) >= 11 is 0. The molecular weight excluding hydrogens is 556 g/mol. The standard InChI is InChI=1S/C30H32F4N4O4/c1-29(42-3)11-10-19(30(32,33)34)16-25(29)38-24(18-26(39)40)22-8-5-9-23(31)27(22)35-28(38)37-14-12-36(13-15-37)20-6-4-7-21(17-20)41-2/h4-10,16-17,24H,11-15,18H2,1-3H3,(H,39,40)/t24-,29?/m0/s1. The Hall–Kier alpha value is -4.06. The number of benzene rings is 2. The summed E-state index contributed by atoms with van der Waals surface area (Å²) < 4.78 is 68.2. The first-order valence-corrected chi connectivity index (χ1v) is 13.5. The number of piperazine rings is 1. The van der Waals surface area contributed by atoms with Gasteiger partial charge in [-0.25, -0.2) is 9.38 Å². The molecule has 42 heavy (non-hydrogen) atoms. The number of carboxylic acids is 1. The van der Waals surface area contributed by atoms with Gasteiger partial charge < -0.3 is 29.3 Å². The van der Waals surface area contributed by atoms with E-state index in [2.05, 4.69) is 9.89 Å². The summed E-state index contributed by atoms with van der Waals surface area (Å²) in [5.74, 6) is -0.940. The van der Waals surface area contributed by atoms with Gasteiger partial charge in [-0.1, -0.05) is 24.3 Å². The van der Waals surface area contributed by atoms with Crippen molar-refractivity contribution in [3.63, 3.8) is 0 Å². The van der Waals surface area contributed by atoms with Crippen molar-refractivity contribution < 1.29 is 36.9 Å². The highest BCUT2D eigenvalue weighted by atomic mass is 19.4. The molecule has 2 aliphatic heterocycles. The minimum absolute atomic E-state index is 0.0210. The second kappa shape index (κ2) is 11.3. The number of carbonyl (C=O) groups is 1. The predicted molar refractivity (Wildman–Crippen MR) is 149 cm³/mol. The Kier molecular flexibility index (Phi) is 7.93. The first-order valence-electron chi connectivity index (χ1n) is 13.5. The van der Waals surface area contributed by atoms with Crippen LogP contribution in [0.25, 0.3) is 0 Å². The number of alkyl halides is 3. The van der Waals surface area contributed by atoms with E-state index in [-0.39, 0.29) is 29.3 Å². The zero-order chi connectivity index (χ0) is 30.2. The summed E-state index contributed by atoms with van der Waals surface area (Å²) in [6, 6.07) is 10.8. The molecule has 1 N–H and O–H groups in total. The molecule has 5 rings (SSSR count). The lowest BCUT2D eigenvalue weighted by atomic mass is 9.86. The van der Waals surface area contributed by atoms with Crippen LogP contribution < -0.4 is 9.64 Å². The number of halogens is 4. The number of guanidine groups is 1. The minimum Gasteiger partial charge on any atom is -0.497 e. The maximum Gasteiger partial charge on any atom is 0.416 e. The van der Waals surface area contributed by atoms with Crippen molar-refractivity contribution in [1.29, 1.82) is 0 Å². The molecule has 1 unspecified atom stereocenters. The van der Waals surface area contributed by atoms with E-state index >= 15 is 4.39 Å². The number of hydrogen-bond acceptors (Lipinski definition) is 7. The zero-order valence-corrected chi connectivity index (χ0v) is 23.5. The van der Waals surface area contributed by atoms with Crippen molar-refractivity contribution >= 4 is 23.3 Å². The Morgan fingerprint density at radius 1 is 1.10 bits per heavy atom. The first-order chi connectivity index (χ1) is 19.9. The molecule has 12 heteroatoms. The van der Waals surface area contributed by atoms with Crippen LogP contribution in [-0.2, 0) is 9.53 Å². The SMILES string of the molecule is COc1cccc(N2CCN(C3=Nc4c(F)cccc4[C@H](CC(=O)O)N3C3=CC(C(F)(F)F)=CCC3(C)OC)CC2)c1. The van der Waals surface area contributed by atoms with E-state index in [1.165, 1.54) is 24.1 Å². The highest BCUT2D eigenvalue weighted by Gasteiger charge is 2.47. The number of aliphatic imine (C=N–C) groups is 1. The van der Waals surface area contributed by atoms with Crippen LogP contribution in [0.3, 0.4) is 0 Å². The predicted octanol–water partition coefficient (Wildman–Crippen LogP) is 5.66. The number of ether oxygens (including phenoxy) is 2. The number of carboxylic acid groups (broad SMARTS) is 1. The van der Waals surface area contributed by atoms with E-state index < -0.39 is 41.6 Å². The Morgan fingerprint density at radius 3 is 2.43 bits per heavy atom. The van der Waals surface area contributed by atoms with Gasteiger partial charge in [-0.15, -0.1) is 0 Å². The third kappa shape index (κ3) is 5.55. The van der Waals surface area contributed by atoms with Gasteiger partial charge in [0.25, 0.3) is 0 Å². The Bertz CT molecular complexity index is 1450. The number of rotatable bonds is 6. The summed E-state index contributed by atoms with van der Waals surface area (Å²) in [6.07, 6.45) is -3.18. The summed E-state index contributed by atoms with van der Waals surface area (Å²) in [5.41, 5.74) is -0.799. The van der Waals surface area contributed by atoms with E-state index in [1.807, 2.05) is 29.2 Å². The van der Waals surface area contributed by atoms with Gasteiger partial charge in [-0.3, -0.25) is 4.79 Å². The van der Waals surface area contributed by atoms with E-state index in [1.54, 1.807) is 20.1 Å². The number of hydrogen-bond donors (Lipinski definition) is 1. The molecule has 0 bridgehead atoms. The van der Waals surface area contributed by atoms with Crippen molar-refractivity contribution in [1.82, 2.24) is 9.80 Å². The average molecular weight is 589 g/mol. The first kappa shape index (κ1) is 29.4. The van der Waals surface area contributed by atoms with Gasteiger partial charge in [0.05, 0.1) is 30.8 Å². The Balaban J connectivity index is 1.60. The molecule has 1 saturated heterocycles. The summed E-state index contributed by atoms with van der Waals surface area (Å²) in [6.45, 7) is 3.51. The summed E-state index contributed by atoms with van der Waals surface area (Å²) in [4.78, 5) is 22.3. The maximum absolute atomic E-state index is 15.2. The number of allylic oxidation sites excluding steroid dienone is 2. The largest absolute Gasteiger partial charge is 0.497 e. The Morgan fingerprint density at radius 2 is 1.79 bits per heavy atom. The molecule has 2 heterocycles. The number of methoxy groups -OCH3 is 2. The molecule has 0 saturated carbocycles. The maximum atomic E-state index is 15.2. The third-order valence-electron chi connectivity index (χ3n) is 8.05. The van der Waals surface area contributed by atoms with Crippen molar-refractivity contribution in [3.8, 4) is 5.75 Å². The molecule has 3 aliphatic rings. The van der Waals surface area contributed by atoms with E-state index in [9.17, 15) is 23.1 Å². The van der Waals surface area contributed by atoms with Crippen LogP contribution in [0.1, 0.15) is 31.4 Å². The smallest absolute Gasteiger partial charge is 0.416 e. The molecule has 2 atom stereocenters. The number of para-hydroxylation sites is 1. The van der Waals surface area contributed by atoms with E-state index in [4.69, 9.17) is 9.47 Å². The molecule has 0 radical (unpaired) electrons.